The fourth-order valence-electron chi connectivity index (χ4n) is 3.81. The Morgan fingerprint density at radius 2 is 1.82 bits per heavy atom. The maximum atomic E-state index is 13.6. The van der Waals surface area contributed by atoms with E-state index in [1.165, 1.54) is 13.1 Å². The maximum absolute atomic E-state index is 13.6. The van der Waals surface area contributed by atoms with Gasteiger partial charge in [-0.1, -0.05) is 25.1 Å². The fourth-order valence-corrected chi connectivity index (χ4v) is 4.52. The Hall–Kier alpha value is -4.18. The number of methoxy groups -OCH3 is 1. The average Bonchev–Trinajstić information content (AvgIpc) is 3.43. The molecule has 4 aromatic rings. The Balaban J connectivity index is 1.78. The van der Waals surface area contributed by atoms with Crippen LogP contribution in [0.2, 0.25) is 0 Å². The summed E-state index contributed by atoms with van der Waals surface area (Å²) in [5.74, 6) is 0.644. The molecule has 0 radical (unpaired) electrons. The molecule has 198 valence electrons. The van der Waals surface area contributed by atoms with Gasteiger partial charge in [0, 0.05) is 12.2 Å². The summed E-state index contributed by atoms with van der Waals surface area (Å²) in [7, 11) is -2.15. The van der Waals surface area contributed by atoms with Gasteiger partial charge in [-0.2, -0.15) is 0 Å². The van der Waals surface area contributed by atoms with Crippen LogP contribution in [0.4, 0.5) is 11.4 Å². The van der Waals surface area contributed by atoms with E-state index in [4.69, 9.17) is 9.15 Å². The molecule has 0 unspecified atom stereocenters. The van der Waals surface area contributed by atoms with Gasteiger partial charge < -0.3 is 19.4 Å². The Morgan fingerprint density at radius 1 is 1.05 bits per heavy atom. The molecule has 0 atom stereocenters. The molecule has 1 N–H and O–H groups in total. The number of ether oxygens (including phenoxy) is 1. The second kappa shape index (κ2) is 11.5. The van der Waals surface area contributed by atoms with Crippen LogP contribution < -0.4 is 15.0 Å². The Morgan fingerprint density at radius 3 is 2.45 bits per heavy atom. The first-order valence-corrected chi connectivity index (χ1v) is 13.7. The number of anilines is 2. The first-order valence-electron chi connectivity index (χ1n) is 12.1. The largest absolute Gasteiger partial charge is 0.497 e. The number of benzene rings is 2. The molecule has 10 heteroatoms. The van der Waals surface area contributed by atoms with E-state index in [0.717, 1.165) is 22.4 Å². The Labute approximate surface area is 222 Å². The Kier molecular flexibility index (Phi) is 8.11. The number of nitrogens with zero attached hydrogens (tertiary/aromatic N) is 3. The molecule has 2 aromatic heterocycles. The van der Waals surface area contributed by atoms with Gasteiger partial charge in [-0.25, -0.2) is 18.4 Å². The van der Waals surface area contributed by atoms with Crippen LogP contribution in [-0.4, -0.2) is 37.2 Å². The molecule has 0 aliphatic heterocycles. The lowest BCUT2D eigenvalue weighted by molar-refractivity contribution is 0.102. The van der Waals surface area contributed by atoms with E-state index >= 15 is 0 Å². The summed E-state index contributed by atoms with van der Waals surface area (Å²) >= 11 is 0. The van der Waals surface area contributed by atoms with Crippen molar-refractivity contribution in [2.24, 2.45) is 0 Å². The number of aryl methyl sites for hydroxylation is 2. The fraction of sp³-hybridized carbons (Fsp3) is 0.250. The van der Waals surface area contributed by atoms with Crippen LogP contribution in [0.5, 0.6) is 5.75 Å². The number of sulfone groups is 1. The maximum Gasteiger partial charge on any atom is 0.276 e. The van der Waals surface area contributed by atoms with Gasteiger partial charge in [0.15, 0.2) is 5.69 Å². The van der Waals surface area contributed by atoms with Crippen molar-refractivity contribution in [3.05, 3.63) is 95.2 Å². The van der Waals surface area contributed by atoms with E-state index in [0.29, 0.717) is 30.2 Å². The predicted molar refractivity (Wildman–Crippen MR) is 145 cm³/mol. The first-order chi connectivity index (χ1) is 18.2. The SMILES string of the molecule is CCS(=O)(=O)c1ncc(N(Cc2ccc(OC)cc2)Cc2ccco2)c(C(=O)Nc2ccc(C)c(C)c2)n1. The predicted octanol–water partition coefficient (Wildman–Crippen LogP) is 4.95. The molecule has 1 amide bonds. The molecule has 0 aliphatic rings. The summed E-state index contributed by atoms with van der Waals surface area (Å²) in [5, 5.41) is 2.47. The number of carbonyl (C=O) groups excluding carboxylic acids is 1. The van der Waals surface area contributed by atoms with Crippen LogP contribution in [0.25, 0.3) is 0 Å². The molecule has 0 spiro atoms. The molecule has 0 aliphatic carbocycles. The smallest absolute Gasteiger partial charge is 0.276 e. The van der Waals surface area contributed by atoms with Crippen molar-refractivity contribution in [1.29, 1.82) is 0 Å². The van der Waals surface area contributed by atoms with Crippen LogP contribution >= 0.6 is 0 Å². The topological polar surface area (TPSA) is 115 Å². The molecular weight excluding hydrogens is 504 g/mol. The van der Waals surface area contributed by atoms with Crippen molar-refractivity contribution in [2.75, 3.05) is 23.1 Å². The van der Waals surface area contributed by atoms with E-state index in [-0.39, 0.29) is 11.4 Å². The van der Waals surface area contributed by atoms with Crippen molar-refractivity contribution in [2.45, 2.75) is 39.0 Å². The van der Waals surface area contributed by atoms with Crippen LogP contribution in [0.3, 0.4) is 0 Å². The quantitative estimate of drug-likeness (QED) is 0.284. The number of nitrogens with one attached hydrogen (secondary N) is 1. The lowest BCUT2D eigenvalue weighted by Crippen LogP contribution is -2.27. The second-order valence-corrected chi connectivity index (χ2v) is 11.0. The number of hydrogen-bond donors (Lipinski definition) is 1. The summed E-state index contributed by atoms with van der Waals surface area (Å²) in [6.45, 7) is 6.11. The minimum Gasteiger partial charge on any atom is -0.497 e. The van der Waals surface area contributed by atoms with Crippen LogP contribution in [-0.2, 0) is 22.9 Å². The highest BCUT2D eigenvalue weighted by Gasteiger charge is 2.25. The van der Waals surface area contributed by atoms with Crippen molar-refractivity contribution >= 4 is 27.1 Å². The number of aromatic nitrogens is 2. The number of amides is 1. The van der Waals surface area contributed by atoms with Crippen molar-refractivity contribution in [1.82, 2.24) is 9.97 Å². The standard InChI is InChI=1S/C28H30N4O5S/c1-5-38(34,35)28-29-16-25(26(31-28)27(33)30-22-11-8-19(2)20(3)15-22)32(18-24-7-6-14-37-24)17-21-9-12-23(36-4)13-10-21/h6-16H,5,17-18H2,1-4H3,(H,30,33). The minimum absolute atomic E-state index is 0.0506. The molecule has 0 saturated heterocycles. The number of carbonyl (C=O) groups is 1. The molecule has 4 rings (SSSR count). The zero-order valence-electron chi connectivity index (χ0n) is 21.8. The van der Waals surface area contributed by atoms with E-state index in [1.54, 1.807) is 25.5 Å². The molecule has 38 heavy (non-hydrogen) atoms. The van der Waals surface area contributed by atoms with E-state index < -0.39 is 20.9 Å². The monoisotopic (exact) mass is 534 g/mol. The summed E-state index contributed by atoms with van der Waals surface area (Å²) in [4.78, 5) is 23.9. The van der Waals surface area contributed by atoms with Gasteiger partial charge in [0.05, 0.1) is 37.6 Å². The molecule has 0 fully saturated rings. The molecule has 9 nitrogen and oxygen atoms in total. The van der Waals surface area contributed by atoms with Gasteiger partial charge in [-0.05, 0) is 66.9 Å². The highest BCUT2D eigenvalue weighted by atomic mass is 32.2. The minimum atomic E-state index is -3.75. The van der Waals surface area contributed by atoms with E-state index in [1.807, 2.05) is 61.2 Å². The van der Waals surface area contributed by atoms with Gasteiger partial charge >= 0.3 is 0 Å². The van der Waals surface area contributed by atoms with Crippen LogP contribution in [0.15, 0.2) is 76.6 Å². The van der Waals surface area contributed by atoms with E-state index in [2.05, 4.69) is 15.3 Å². The summed E-state index contributed by atoms with van der Waals surface area (Å²) in [5.41, 5.74) is 3.93. The van der Waals surface area contributed by atoms with E-state index in [9.17, 15) is 13.2 Å². The average molecular weight is 535 g/mol. The highest BCUT2D eigenvalue weighted by molar-refractivity contribution is 7.91. The summed E-state index contributed by atoms with van der Waals surface area (Å²) in [6, 6.07) is 16.7. The van der Waals surface area contributed by atoms with Crippen molar-refractivity contribution in [3.8, 4) is 5.75 Å². The van der Waals surface area contributed by atoms with Gasteiger partial charge in [-0.15, -0.1) is 0 Å². The lowest BCUT2D eigenvalue weighted by atomic mass is 10.1. The third-order valence-corrected chi connectivity index (χ3v) is 7.70. The first kappa shape index (κ1) is 26.9. The normalized spacial score (nSPS) is 11.3. The molecule has 2 aromatic carbocycles. The van der Waals surface area contributed by atoms with Crippen LogP contribution in [0, 0.1) is 13.8 Å². The Bertz CT molecular complexity index is 1520. The highest BCUT2D eigenvalue weighted by Crippen LogP contribution is 2.26. The second-order valence-electron chi connectivity index (χ2n) is 8.83. The van der Waals surface area contributed by atoms with Gasteiger partial charge in [0.1, 0.15) is 11.5 Å². The molecule has 2 heterocycles. The molecular formula is C28H30N4O5S. The zero-order chi connectivity index (χ0) is 27.3. The number of hydrogen-bond acceptors (Lipinski definition) is 8. The third kappa shape index (κ3) is 6.20. The molecule has 0 saturated carbocycles. The van der Waals surface area contributed by atoms with Crippen molar-refractivity contribution in [3.63, 3.8) is 0 Å². The molecule has 0 bridgehead atoms. The summed E-state index contributed by atoms with van der Waals surface area (Å²) < 4.78 is 36.1. The number of furan rings is 1. The van der Waals surface area contributed by atoms with Crippen molar-refractivity contribution < 1.29 is 22.4 Å². The number of rotatable bonds is 10. The summed E-state index contributed by atoms with van der Waals surface area (Å²) in [6.07, 6.45) is 2.96. The zero-order valence-corrected chi connectivity index (χ0v) is 22.6. The van der Waals surface area contributed by atoms with Gasteiger partial charge in [-0.3, -0.25) is 4.79 Å². The van der Waals surface area contributed by atoms with Crippen LogP contribution in [0.1, 0.15) is 39.9 Å². The third-order valence-electron chi connectivity index (χ3n) is 6.19. The lowest BCUT2D eigenvalue weighted by Gasteiger charge is -2.25. The van der Waals surface area contributed by atoms with Gasteiger partial charge in [0.2, 0.25) is 15.0 Å². The van der Waals surface area contributed by atoms with Gasteiger partial charge in [0.25, 0.3) is 5.91 Å².